The number of ether oxygens (including phenoxy) is 8. The molecule has 5 N–H and O–H groups in total. The molecular weight excluding hydrogens is 995 g/mol. The molecule has 5 unspecified atom stereocenters. The van der Waals surface area contributed by atoms with Gasteiger partial charge in [-0.1, -0.05) is 73.0 Å². The van der Waals surface area contributed by atoms with E-state index in [1.807, 2.05) is 41.5 Å². The summed E-state index contributed by atoms with van der Waals surface area (Å²) in [6.45, 7) is 29.6. The number of nitrogens with zero attached hydrogens (tertiary/aromatic N) is 1. The Morgan fingerprint density at radius 1 is 0.605 bits per heavy atom. The van der Waals surface area contributed by atoms with Gasteiger partial charge in [-0.05, 0) is 93.4 Å². The Morgan fingerprint density at radius 3 is 1.43 bits per heavy atom. The topological polar surface area (TPSA) is 300 Å². The molecule has 1 aromatic rings. The van der Waals surface area contributed by atoms with Crippen LogP contribution in [0.4, 0.5) is 19.2 Å². The largest absolute Gasteiger partial charge is 0.490 e. The Balaban J connectivity index is 2.50. The standard InChI is InChI=1S/C53H79N5O18/c1-14-43(60)70-30-41(32-72-46(62)34(3)4)74-49(65)54-22-20-52(10,11)26-36(7)28-56-48(64)69-25-24-68-40-18-16-39(17-19-40)45(38(9)59)58-76-51(67)57-29-37(8)27-53(12,13)21-23-55-50(66)75-42(31-71-44(61)15-2)33-73-47(63)35(5)6/h14-19,36-38,41-42,59H,1-3,5,20-33H2,4,6-13H3,(H,54,65)(H,55,66)(H,56,64)(H,57,67)/b58-45+. The van der Waals surface area contributed by atoms with Crippen molar-refractivity contribution < 1.29 is 86.2 Å². The first kappa shape index (κ1) is 66.6. The van der Waals surface area contributed by atoms with Crippen molar-refractivity contribution in [3.8, 4) is 5.75 Å². The molecule has 23 heteroatoms. The molecule has 23 nitrogen and oxygen atoms in total. The number of carbonyl (C=O) groups excluding carboxylic acids is 8. The van der Waals surface area contributed by atoms with E-state index in [0.29, 0.717) is 43.5 Å². The average Bonchev–Trinajstić information content (AvgIpc) is 3.34. The smallest absolute Gasteiger partial charge is 0.433 e. The molecule has 0 aliphatic carbocycles. The zero-order valence-corrected chi connectivity index (χ0v) is 45.4. The van der Waals surface area contributed by atoms with E-state index in [2.05, 4.69) is 52.7 Å². The van der Waals surface area contributed by atoms with Crippen molar-refractivity contribution in [2.45, 2.75) is 106 Å². The first-order valence-corrected chi connectivity index (χ1v) is 24.6. The van der Waals surface area contributed by atoms with Gasteiger partial charge in [-0.15, -0.1) is 0 Å². The van der Waals surface area contributed by atoms with E-state index in [9.17, 15) is 43.5 Å². The van der Waals surface area contributed by atoms with Crippen molar-refractivity contribution in [2.75, 3.05) is 65.8 Å². The van der Waals surface area contributed by atoms with Crippen molar-refractivity contribution in [3.05, 3.63) is 79.4 Å². The van der Waals surface area contributed by atoms with Crippen molar-refractivity contribution in [1.82, 2.24) is 21.3 Å². The van der Waals surface area contributed by atoms with Crippen LogP contribution in [-0.2, 0) is 57.2 Å². The van der Waals surface area contributed by atoms with Crippen LogP contribution in [0.25, 0.3) is 0 Å². The van der Waals surface area contributed by atoms with Gasteiger partial charge >= 0.3 is 48.3 Å². The number of oxime groups is 1. The van der Waals surface area contributed by atoms with Crippen LogP contribution in [0.3, 0.4) is 0 Å². The molecule has 5 atom stereocenters. The Labute approximate surface area is 445 Å². The van der Waals surface area contributed by atoms with E-state index < -0.39 is 66.6 Å². The molecule has 0 spiro atoms. The maximum Gasteiger partial charge on any atom is 0.433 e. The third kappa shape index (κ3) is 30.7. The Bertz CT molecular complexity index is 2160. The predicted molar refractivity (Wildman–Crippen MR) is 279 cm³/mol. The van der Waals surface area contributed by atoms with Gasteiger partial charge in [-0.2, -0.15) is 0 Å². The van der Waals surface area contributed by atoms with Crippen LogP contribution >= 0.6 is 0 Å². The molecule has 0 aliphatic heterocycles. The molecule has 1 rings (SSSR count). The molecule has 0 aromatic heterocycles. The van der Waals surface area contributed by atoms with Gasteiger partial charge in [0.1, 0.15) is 51.1 Å². The third-order valence-electron chi connectivity index (χ3n) is 10.7. The van der Waals surface area contributed by atoms with Gasteiger partial charge < -0.3 is 64.3 Å². The van der Waals surface area contributed by atoms with Gasteiger partial charge in [0, 0.05) is 55.0 Å². The van der Waals surface area contributed by atoms with Gasteiger partial charge in [0.25, 0.3) is 0 Å². The molecule has 4 amide bonds. The summed E-state index contributed by atoms with van der Waals surface area (Å²) >= 11 is 0. The summed E-state index contributed by atoms with van der Waals surface area (Å²) in [5.41, 5.74) is 0.307. The van der Waals surface area contributed by atoms with Gasteiger partial charge in [0.15, 0.2) is 12.2 Å². The lowest BCUT2D eigenvalue weighted by atomic mass is 9.80. The third-order valence-corrected chi connectivity index (χ3v) is 10.7. The molecule has 424 valence electrons. The van der Waals surface area contributed by atoms with Crippen molar-refractivity contribution >= 4 is 54.0 Å². The molecule has 0 saturated heterocycles. The number of hydrogen-bond donors (Lipinski definition) is 5. The summed E-state index contributed by atoms with van der Waals surface area (Å²) in [6.07, 6.45) is -1.94. The van der Waals surface area contributed by atoms with E-state index in [0.717, 1.165) is 12.2 Å². The lowest BCUT2D eigenvalue weighted by Gasteiger charge is -2.28. The highest BCUT2D eigenvalue weighted by Crippen LogP contribution is 2.30. The number of amides is 4. The molecule has 1 aromatic carbocycles. The highest BCUT2D eigenvalue weighted by Gasteiger charge is 2.26. The number of aliphatic hydroxyl groups excluding tert-OH is 1. The number of alkyl carbamates (subject to hydrolysis) is 3. The van der Waals surface area contributed by atoms with Gasteiger partial charge in [-0.25, -0.2) is 38.4 Å². The van der Waals surface area contributed by atoms with Gasteiger partial charge in [-0.3, -0.25) is 4.84 Å². The van der Waals surface area contributed by atoms with Crippen molar-refractivity contribution in [1.29, 1.82) is 0 Å². The summed E-state index contributed by atoms with van der Waals surface area (Å²) in [4.78, 5) is 102. The minimum absolute atomic E-state index is 0.0216. The molecule has 76 heavy (non-hydrogen) atoms. The molecule has 0 radical (unpaired) electrons. The lowest BCUT2D eigenvalue weighted by molar-refractivity contribution is -0.148. The van der Waals surface area contributed by atoms with E-state index >= 15 is 0 Å². The van der Waals surface area contributed by atoms with Crippen LogP contribution in [0.1, 0.15) is 93.6 Å². The zero-order valence-electron chi connectivity index (χ0n) is 45.4. The van der Waals surface area contributed by atoms with Crippen molar-refractivity contribution in [2.24, 2.45) is 27.8 Å². The minimum Gasteiger partial charge on any atom is -0.490 e. The summed E-state index contributed by atoms with van der Waals surface area (Å²) in [5.74, 6) is -2.38. The molecule has 0 bridgehead atoms. The van der Waals surface area contributed by atoms with Crippen LogP contribution in [0.15, 0.2) is 79.0 Å². The molecule has 0 aliphatic rings. The number of rotatable bonds is 35. The minimum atomic E-state index is -1.10. The maximum atomic E-state index is 12.6. The summed E-state index contributed by atoms with van der Waals surface area (Å²) < 4.78 is 41.5. The fraction of sp³-hybridized carbons (Fsp3) is 0.566. The number of aliphatic hydroxyl groups is 1. The Kier molecular flexibility index (Phi) is 30.6. The summed E-state index contributed by atoms with van der Waals surface area (Å²) in [5, 5.41) is 25.0. The second-order valence-electron chi connectivity index (χ2n) is 19.6. The van der Waals surface area contributed by atoms with Crippen LogP contribution in [0.2, 0.25) is 0 Å². The molecule has 0 fully saturated rings. The first-order chi connectivity index (χ1) is 35.6. The number of hydrogen-bond acceptors (Lipinski definition) is 19. The molecular formula is C53H79N5O18. The lowest BCUT2D eigenvalue weighted by Crippen LogP contribution is -2.37. The highest BCUT2D eigenvalue weighted by molar-refractivity contribution is 6.03. The second kappa shape index (κ2) is 34.9. The number of nitrogens with one attached hydrogen (secondary N) is 4. The first-order valence-electron chi connectivity index (χ1n) is 24.6. The SMILES string of the molecule is C=CC(=O)OCC(COC(=O)C(=C)C)OC(=O)NCCC(C)(C)CC(C)CNC(=O)OCCOc1ccc(/C(=N/OC(=O)NCC(C)CC(C)(C)CCNC(=O)OC(COC(=O)C=C)COC(=O)C(=C)C)C(C)O)cc1. The fourth-order valence-corrected chi connectivity index (χ4v) is 6.99. The number of esters is 4. The van der Waals surface area contributed by atoms with E-state index in [-0.39, 0.29) is 98.8 Å². The van der Waals surface area contributed by atoms with Gasteiger partial charge in [0.2, 0.25) is 0 Å². The summed E-state index contributed by atoms with van der Waals surface area (Å²) in [6, 6.07) is 6.48. The quantitative estimate of drug-likeness (QED) is 0.00937. The zero-order chi connectivity index (χ0) is 57.4. The normalized spacial score (nSPS) is 13.3. The van der Waals surface area contributed by atoms with E-state index in [1.54, 1.807) is 24.3 Å². The van der Waals surface area contributed by atoms with Crippen LogP contribution in [0, 0.1) is 22.7 Å². The predicted octanol–water partition coefficient (Wildman–Crippen LogP) is 6.37. The maximum absolute atomic E-state index is 12.6. The van der Waals surface area contributed by atoms with E-state index in [4.69, 9.17) is 42.7 Å². The van der Waals surface area contributed by atoms with Crippen LogP contribution < -0.4 is 26.0 Å². The number of benzene rings is 1. The Morgan fingerprint density at radius 2 is 1.03 bits per heavy atom. The molecule has 0 heterocycles. The number of carbonyl (C=O) groups is 8. The van der Waals surface area contributed by atoms with Gasteiger partial charge in [0.05, 0.1) is 6.10 Å². The Hall–Kier alpha value is -7.43. The molecule has 0 saturated carbocycles. The fourth-order valence-electron chi connectivity index (χ4n) is 6.99. The van der Waals surface area contributed by atoms with E-state index in [1.165, 1.54) is 20.8 Å². The average molecular weight is 1070 g/mol. The second-order valence-corrected chi connectivity index (χ2v) is 19.6. The van der Waals surface area contributed by atoms with Crippen LogP contribution in [-0.4, -0.2) is 143 Å². The highest BCUT2D eigenvalue weighted by atomic mass is 16.7. The van der Waals surface area contributed by atoms with Crippen LogP contribution in [0.5, 0.6) is 5.75 Å². The monoisotopic (exact) mass is 1070 g/mol. The van der Waals surface area contributed by atoms with Crippen molar-refractivity contribution in [3.63, 3.8) is 0 Å². The summed E-state index contributed by atoms with van der Waals surface area (Å²) in [7, 11) is 0.